The van der Waals surface area contributed by atoms with E-state index in [0.29, 0.717) is 42.2 Å². The van der Waals surface area contributed by atoms with Crippen LogP contribution in [0.25, 0.3) is 0 Å². The van der Waals surface area contributed by atoms with Crippen LogP contribution in [0.4, 0.5) is 0 Å². The second-order valence-electron chi connectivity index (χ2n) is 8.05. The van der Waals surface area contributed by atoms with Gasteiger partial charge in [-0.15, -0.1) is 0 Å². The molecule has 2 amide bonds. The van der Waals surface area contributed by atoms with Crippen molar-refractivity contribution >= 4 is 17.6 Å². The molecule has 1 aliphatic rings. The summed E-state index contributed by atoms with van der Waals surface area (Å²) >= 11 is 0. The average Bonchev–Trinajstić information content (AvgIpc) is 2.70. The number of carbonyl (C=O) groups is 3. The Morgan fingerprint density at radius 1 is 1.06 bits per heavy atom. The van der Waals surface area contributed by atoms with Crippen LogP contribution in [0.5, 0.6) is 11.5 Å². The lowest BCUT2D eigenvalue weighted by molar-refractivity contribution is 0.0844. The molecular weight excluding hydrogens is 402 g/mol. The third-order valence-electron chi connectivity index (χ3n) is 4.98. The topological polar surface area (TPSA) is 127 Å². The Kier molecular flexibility index (Phi) is 6.14. The van der Waals surface area contributed by atoms with Gasteiger partial charge in [-0.1, -0.05) is 13.8 Å². The van der Waals surface area contributed by atoms with Crippen LogP contribution < -0.4 is 25.9 Å². The Morgan fingerprint density at radius 3 is 2.45 bits per heavy atom. The molecule has 2 aromatic rings. The molecule has 9 nitrogen and oxygen atoms in total. The van der Waals surface area contributed by atoms with Gasteiger partial charge < -0.3 is 14.5 Å². The number of Topliss-reactive ketones (excluding diaryl/α,β-unsaturated/α-hetero) is 1. The molecule has 31 heavy (non-hydrogen) atoms. The number of pyridine rings is 1. The van der Waals surface area contributed by atoms with Crippen LogP contribution in [-0.4, -0.2) is 36.3 Å². The third kappa shape index (κ3) is 4.76. The molecule has 0 aliphatic heterocycles. The lowest BCUT2D eigenvalue weighted by Gasteiger charge is -2.29. The van der Waals surface area contributed by atoms with Gasteiger partial charge in [0.25, 0.3) is 17.4 Å². The molecule has 164 valence electrons. The second kappa shape index (κ2) is 8.63. The summed E-state index contributed by atoms with van der Waals surface area (Å²) in [5.74, 6) is -0.718. The van der Waals surface area contributed by atoms with E-state index in [9.17, 15) is 19.2 Å². The first-order valence-electron chi connectivity index (χ1n) is 9.86. The molecular formula is C22H25N3O6. The molecule has 0 unspecified atom stereocenters. The molecule has 0 saturated heterocycles. The Labute approximate surface area is 179 Å². The van der Waals surface area contributed by atoms with E-state index in [1.165, 1.54) is 25.3 Å². The molecule has 0 saturated carbocycles. The van der Waals surface area contributed by atoms with Crippen molar-refractivity contribution in [1.29, 1.82) is 0 Å². The van der Waals surface area contributed by atoms with E-state index < -0.39 is 17.4 Å². The first-order valence-corrected chi connectivity index (χ1v) is 9.86. The highest BCUT2D eigenvalue weighted by molar-refractivity contribution is 6.03. The number of carbonyl (C=O) groups excluding carboxylic acids is 3. The number of rotatable bonds is 5. The largest absolute Gasteiger partial charge is 0.493 e. The van der Waals surface area contributed by atoms with Gasteiger partial charge in [0.1, 0.15) is 5.56 Å². The minimum atomic E-state index is -0.826. The van der Waals surface area contributed by atoms with Crippen molar-refractivity contribution in [2.24, 2.45) is 5.41 Å². The van der Waals surface area contributed by atoms with E-state index in [1.807, 2.05) is 20.8 Å². The zero-order valence-corrected chi connectivity index (χ0v) is 17.9. The van der Waals surface area contributed by atoms with Crippen molar-refractivity contribution in [1.82, 2.24) is 15.8 Å². The standard InChI is InChI=1S/C22H25N3O6/c1-5-31-17-7-6-12(8-18(17)30-4)19(27)24-25-21(29)14-9-13-15(23-20(14)28)10-22(2,3)11-16(13)26/h6-9H,5,10-11H2,1-4H3,(H,23,28)(H,24,27)(H,25,29). The second-order valence-corrected chi connectivity index (χ2v) is 8.05. The van der Waals surface area contributed by atoms with E-state index >= 15 is 0 Å². The predicted octanol–water partition coefficient (Wildman–Crippen LogP) is 2.01. The van der Waals surface area contributed by atoms with E-state index in [-0.39, 0.29) is 22.3 Å². The monoisotopic (exact) mass is 427 g/mol. The van der Waals surface area contributed by atoms with Gasteiger partial charge in [0.05, 0.1) is 13.7 Å². The number of aromatic nitrogens is 1. The first kappa shape index (κ1) is 22.1. The van der Waals surface area contributed by atoms with Gasteiger partial charge in [-0.05, 0) is 43.0 Å². The summed E-state index contributed by atoms with van der Waals surface area (Å²) in [7, 11) is 1.45. The SMILES string of the molecule is CCOc1ccc(C(=O)NNC(=O)c2cc3c([nH]c2=O)CC(C)(C)CC3=O)cc1OC. The molecule has 1 aliphatic carbocycles. The number of ketones is 1. The fourth-order valence-electron chi connectivity index (χ4n) is 3.53. The van der Waals surface area contributed by atoms with Crippen LogP contribution in [0.3, 0.4) is 0 Å². The maximum atomic E-state index is 12.5. The quantitative estimate of drug-likeness (QED) is 0.627. The normalized spacial score (nSPS) is 14.4. The number of hydrazine groups is 1. The fourth-order valence-corrected chi connectivity index (χ4v) is 3.53. The smallest absolute Gasteiger partial charge is 0.275 e. The van der Waals surface area contributed by atoms with Gasteiger partial charge in [-0.2, -0.15) is 0 Å². The number of methoxy groups -OCH3 is 1. The van der Waals surface area contributed by atoms with Crippen molar-refractivity contribution in [2.45, 2.75) is 33.6 Å². The lowest BCUT2D eigenvalue weighted by atomic mass is 9.75. The predicted molar refractivity (Wildman–Crippen MR) is 113 cm³/mol. The molecule has 1 heterocycles. The summed E-state index contributed by atoms with van der Waals surface area (Å²) in [5.41, 5.74) is 4.40. The lowest BCUT2D eigenvalue weighted by Crippen LogP contribution is -2.44. The van der Waals surface area contributed by atoms with Crippen molar-refractivity contribution in [3.8, 4) is 11.5 Å². The van der Waals surface area contributed by atoms with Crippen molar-refractivity contribution in [2.75, 3.05) is 13.7 Å². The van der Waals surface area contributed by atoms with Crippen molar-refractivity contribution in [3.05, 3.63) is 57.0 Å². The van der Waals surface area contributed by atoms with Gasteiger partial charge in [-0.3, -0.25) is 30.0 Å². The van der Waals surface area contributed by atoms with Gasteiger partial charge in [0, 0.05) is 23.2 Å². The van der Waals surface area contributed by atoms with Gasteiger partial charge in [0.2, 0.25) is 0 Å². The summed E-state index contributed by atoms with van der Waals surface area (Å²) < 4.78 is 10.6. The summed E-state index contributed by atoms with van der Waals surface area (Å²) in [6, 6.07) is 5.85. The van der Waals surface area contributed by atoms with Crippen LogP contribution in [0, 0.1) is 5.41 Å². The Morgan fingerprint density at radius 2 is 1.77 bits per heavy atom. The van der Waals surface area contributed by atoms with Crippen LogP contribution in [0.2, 0.25) is 0 Å². The molecule has 0 spiro atoms. The number of hydrogen-bond donors (Lipinski definition) is 3. The number of benzene rings is 1. The van der Waals surface area contributed by atoms with Crippen LogP contribution in [-0.2, 0) is 6.42 Å². The number of hydrogen-bond acceptors (Lipinski definition) is 6. The van der Waals surface area contributed by atoms with E-state index in [4.69, 9.17) is 9.47 Å². The van der Waals surface area contributed by atoms with E-state index in [2.05, 4.69) is 15.8 Å². The van der Waals surface area contributed by atoms with Crippen LogP contribution in [0.1, 0.15) is 64.0 Å². The molecule has 9 heteroatoms. The van der Waals surface area contributed by atoms with Crippen LogP contribution in [0.15, 0.2) is 29.1 Å². The summed E-state index contributed by atoms with van der Waals surface area (Å²) in [6.45, 7) is 6.15. The first-order chi connectivity index (χ1) is 14.6. The molecule has 3 rings (SSSR count). The zero-order valence-electron chi connectivity index (χ0n) is 17.9. The highest BCUT2D eigenvalue weighted by atomic mass is 16.5. The number of aromatic amines is 1. The Hall–Kier alpha value is -3.62. The highest BCUT2D eigenvalue weighted by Gasteiger charge is 2.32. The van der Waals surface area contributed by atoms with Gasteiger partial charge in [0.15, 0.2) is 17.3 Å². The maximum absolute atomic E-state index is 12.5. The maximum Gasteiger partial charge on any atom is 0.275 e. The molecule has 1 aromatic carbocycles. The Bertz CT molecular complexity index is 1100. The fraction of sp³-hybridized carbons (Fsp3) is 0.364. The average molecular weight is 427 g/mol. The number of H-pyrrole nitrogens is 1. The number of fused-ring (bicyclic) bond motifs is 1. The Balaban J connectivity index is 1.74. The van der Waals surface area contributed by atoms with Crippen LogP contribution >= 0.6 is 0 Å². The molecule has 1 aromatic heterocycles. The summed E-state index contributed by atoms with van der Waals surface area (Å²) in [6.07, 6.45) is 0.852. The molecule has 3 N–H and O–H groups in total. The molecule has 0 atom stereocenters. The van der Waals surface area contributed by atoms with Crippen molar-refractivity contribution < 1.29 is 23.9 Å². The zero-order chi connectivity index (χ0) is 22.8. The minimum absolute atomic E-state index is 0.137. The highest BCUT2D eigenvalue weighted by Crippen LogP contribution is 2.33. The molecule has 0 bridgehead atoms. The van der Waals surface area contributed by atoms with Gasteiger partial charge in [-0.25, -0.2) is 0 Å². The number of nitrogens with one attached hydrogen (secondary N) is 3. The van der Waals surface area contributed by atoms with E-state index in [0.717, 1.165) is 0 Å². The summed E-state index contributed by atoms with van der Waals surface area (Å²) in [5, 5.41) is 0. The summed E-state index contributed by atoms with van der Waals surface area (Å²) in [4.78, 5) is 52.3. The molecule has 0 radical (unpaired) electrons. The van der Waals surface area contributed by atoms with Crippen molar-refractivity contribution in [3.63, 3.8) is 0 Å². The van der Waals surface area contributed by atoms with Gasteiger partial charge >= 0.3 is 0 Å². The minimum Gasteiger partial charge on any atom is -0.493 e. The number of amides is 2. The van der Waals surface area contributed by atoms with E-state index in [1.54, 1.807) is 6.07 Å². The molecule has 0 fully saturated rings. The number of ether oxygens (including phenoxy) is 2. The third-order valence-corrected chi connectivity index (χ3v) is 4.98.